The topological polar surface area (TPSA) is 0 Å². The molecule has 0 heterocycles. The monoisotopic (exact) mass is 334 g/mol. The Hall–Kier alpha value is 0.280. The van der Waals surface area contributed by atoms with Gasteiger partial charge in [0, 0.05) is 14.9 Å². The van der Waals surface area contributed by atoms with Crippen LogP contribution in [-0.4, -0.2) is 5.38 Å². The van der Waals surface area contributed by atoms with Crippen LogP contribution in [0.5, 0.6) is 0 Å². The summed E-state index contributed by atoms with van der Waals surface area (Å²) in [5.41, 5.74) is 1.22. The summed E-state index contributed by atoms with van der Waals surface area (Å²) in [7, 11) is 0. The highest BCUT2D eigenvalue weighted by Gasteiger charge is 2.27. The molecule has 1 aliphatic carbocycles. The molecule has 0 aliphatic heterocycles. The van der Waals surface area contributed by atoms with Gasteiger partial charge in [0.25, 0.3) is 0 Å². The maximum Gasteiger partial charge on any atom is 0.0449 e. The minimum atomic E-state index is 0.311. The first kappa shape index (κ1) is 13.7. The molecule has 17 heavy (non-hydrogen) atoms. The molecule has 1 aromatic rings. The first-order valence-corrected chi connectivity index (χ1v) is 7.75. The van der Waals surface area contributed by atoms with E-state index in [0.717, 1.165) is 28.3 Å². The Balaban J connectivity index is 2.08. The molecule has 0 aromatic heterocycles. The lowest BCUT2D eigenvalue weighted by Crippen LogP contribution is -2.26. The third-order valence-corrected chi connectivity index (χ3v) is 5.07. The van der Waals surface area contributed by atoms with Gasteiger partial charge in [-0.05, 0) is 55.2 Å². The zero-order valence-electron chi connectivity index (χ0n) is 9.93. The molecule has 3 heteroatoms. The molecule has 1 fully saturated rings. The van der Waals surface area contributed by atoms with Gasteiger partial charge in [-0.2, -0.15) is 0 Å². The molecule has 0 spiro atoms. The van der Waals surface area contributed by atoms with Crippen molar-refractivity contribution in [2.24, 2.45) is 11.8 Å². The van der Waals surface area contributed by atoms with Gasteiger partial charge in [0.05, 0.1) is 0 Å². The van der Waals surface area contributed by atoms with E-state index in [1.54, 1.807) is 0 Å². The molecular formula is C14H17BrCl2. The highest BCUT2D eigenvalue weighted by molar-refractivity contribution is 9.10. The zero-order chi connectivity index (χ0) is 12.4. The zero-order valence-corrected chi connectivity index (χ0v) is 13.0. The van der Waals surface area contributed by atoms with E-state index in [1.807, 2.05) is 6.07 Å². The van der Waals surface area contributed by atoms with E-state index in [9.17, 15) is 0 Å². The van der Waals surface area contributed by atoms with Gasteiger partial charge in [0.2, 0.25) is 0 Å². The molecule has 1 aliphatic rings. The molecule has 1 saturated carbocycles. The van der Waals surface area contributed by atoms with Crippen LogP contribution in [0.25, 0.3) is 0 Å². The standard InChI is InChI=1S/C14H17BrCl2/c1-9-2-5-13(16)11(6-9)7-10-3-4-12(15)8-14(10)17/h3-4,8-9,11,13H,2,5-7H2,1H3. The predicted molar refractivity (Wildman–Crippen MR) is 79.0 cm³/mol. The van der Waals surface area contributed by atoms with Crippen LogP contribution in [0.15, 0.2) is 22.7 Å². The maximum atomic E-state index is 6.43. The number of hydrogen-bond acceptors (Lipinski definition) is 0. The van der Waals surface area contributed by atoms with Crippen LogP contribution < -0.4 is 0 Å². The Morgan fingerprint density at radius 1 is 1.35 bits per heavy atom. The van der Waals surface area contributed by atoms with E-state index in [0.29, 0.717) is 11.3 Å². The van der Waals surface area contributed by atoms with Crippen molar-refractivity contribution in [3.8, 4) is 0 Å². The Morgan fingerprint density at radius 2 is 2.12 bits per heavy atom. The smallest absolute Gasteiger partial charge is 0.0449 e. The van der Waals surface area contributed by atoms with Gasteiger partial charge in [-0.15, -0.1) is 11.6 Å². The molecule has 0 amide bonds. The molecule has 1 aromatic carbocycles. The summed E-state index contributed by atoms with van der Waals surface area (Å²) in [6, 6.07) is 6.12. The molecule has 2 rings (SSSR count). The SMILES string of the molecule is CC1CCC(Cl)C(Cc2ccc(Br)cc2Cl)C1. The third-order valence-electron chi connectivity index (χ3n) is 3.65. The van der Waals surface area contributed by atoms with Gasteiger partial charge in [-0.25, -0.2) is 0 Å². The van der Waals surface area contributed by atoms with Gasteiger partial charge >= 0.3 is 0 Å². The van der Waals surface area contributed by atoms with Crippen molar-refractivity contribution in [1.29, 1.82) is 0 Å². The van der Waals surface area contributed by atoms with Crippen LogP contribution in [-0.2, 0) is 6.42 Å². The lowest BCUT2D eigenvalue weighted by Gasteiger charge is -2.31. The van der Waals surface area contributed by atoms with Crippen molar-refractivity contribution in [1.82, 2.24) is 0 Å². The summed E-state index contributed by atoms with van der Waals surface area (Å²) >= 11 is 16.1. The molecule has 0 radical (unpaired) electrons. The largest absolute Gasteiger partial charge is 0.123 e. The van der Waals surface area contributed by atoms with Crippen molar-refractivity contribution in [3.63, 3.8) is 0 Å². The summed E-state index contributed by atoms with van der Waals surface area (Å²) < 4.78 is 1.03. The van der Waals surface area contributed by atoms with E-state index in [2.05, 4.69) is 35.0 Å². The molecule has 0 N–H and O–H groups in total. The normalized spacial score (nSPS) is 29.3. The average molecular weight is 336 g/mol. The highest BCUT2D eigenvalue weighted by atomic mass is 79.9. The summed E-state index contributed by atoms with van der Waals surface area (Å²) in [6.45, 7) is 2.32. The third kappa shape index (κ3) is 3.62. The van der Waals surface area contributed by atoms with E-state index in [1.165, 1.54) is 18.4 Å². The van der Waals surface area contributed by atoms with Gasteiger partial charge < -0.3 is 0 Å². The first-order chi connectivity index (χ1) is 8.06. The lowest BCUT2D eigenvalue weighted by molar-refractivity contribution is 0.287. The number of benzene rings is 1. The Kier molecular flexibility index (Phi) is 4.80. The number of halogens is 3. The minimum Gasteiger partial charge on any atom is -0.123 e. The van der Waals surface area contributed by atoms with Crippen LogP contribution in [0, 0.1) is 11.8 Å². The fourth-order valence-corrected chi connectivity index (χ4v) is 3.71. The maximum absolute atomic E-state index is 6.43. The van der Waals surface area contributed by atoms with Crippen LogP contribution in [0.3, 0.4) is 0 Å². The van der Waals surface area contributed by atoms with E-state index in [-0.39, 0.29) is 0 Å². The van der Waals surface area contributed by atoms with Gasteiger partial charge in [0.1, 0.15) is 0 Å². The lowest BCUT2D eigenvalue weighted by atomic mass is 9.79. The van der Waals surface area contributed by atoms with E-state index >= 15 is 0 Å². The molecule has 0 saturated heterocycles. The Bertz CT molecular complexity index is 392. The summed E-state index contributed by atoms with van der Waals surface area (Å²) in [4.78, 5) is 0. The molecule has 0 bridgehead atoms. The Morgan fingerprint density at radius 3 is 2.82 bits per heavy atom. The summed E-state index contributed by atoms with van der Waals surface area (Å²) in [5, 5.41) is 1.16. The quantitative estimate of drug-likeness (QED) is 0.609. The molecule has 94 valence electrons. The van der Waals surface area contributed by atoms with Crippen molar-refractivity contribution in [2.75, 3.05) is 0 Å². The first-order valence-electron chi connectivity index (χ1n) is 6.14. The van der Waals surface area contributed by atoms with Crippen LogP contribution >= 0.6 is 39.1 Å². The molecular weight excluding hydrogens is 319 g/mol. The summed E-state index contributed by atoms with van der Waals surface area (Å²) in [6.07, 6.45) is 4.63. The average Bonchev–Trinajstić information content (AvgIpc) is 2.27. The number of alkyl halides is 1. The second kappa shape index (κ2) is 5.95. The van der Waals surface area contributed by atoms with Crippen LogP contribution in [0.4, 0.5) is 0 Å². The fraction of sp³-hybridized carbons (Fsp3) is 0.571. The molecule has 0 nitrogen and oxygen atoms in total. The second-order valence-electron chi connectivity index (χ2n) is 5.13. The highest BCUT2D eigenvalue weighted by Crippen LogP contribution is 2.36. The van der Waals surface area contributed by atoms with Crippen molar-refractivity contribution in [3.05, 3.63) is 33.3 Å². The van der Waals surface area contributed by atoms with Gasteiger partial charge in [-0.1, -0.05) is 40.5 Å². The van der Waals surface area contributed by atoms with Gasteiger partial charge in [0.15, 0.2) is 0 Å². The van der Waals surface area contributed by atoms with Crippen LogP contribution in [0.2, 0.25) is 5.02 Å². The molecule has 3 atom stereocenters. The molecule has 3 unspecified atom stereocenters. The fourth-order valence-electron chi connectivity index (χ4n) is 2.64. The van der Waals surface area contributed by atoms with Crippen molar-refractivity contribution < 1.29 is 0 Å². The van der Waals surface area contributed by atoms with Crippen molar-refractivity contribution >= 4 is 39.1 Å². The Labute approximate surface area is 122 Å². The number of rotatable bonds is 2. The summed E-state index contributed by atoms with van der Waals surface area (Å²) in [5.74, 6) is 1.36. The van der Waals surface area contributed by atoms with E-state index < -0.39 is 0 Å². The second-order valence-corrected chi connectivity index (χ2v) is 7.02. The minimum absolute atomic E-state index is 0.311. The van der Waals surface area contributed by atoms with Crippen LogP contribution in [0.1, 0.15) is 31.7 Å². The van der Waals surface area contributed by atoms with Gasteiger partial charge in [-0.3, -0.25) is 0 Å². The number of hydrogen-bond donors (Lipinski definition) is 0. The predicted octanol–water partition coefficient (Wildman–Crippen LogP) is 5.69. The van der Waals surface area contributed by atoms with E-state index in [4.69, 9.17) is 23.2 Å². The van der Waals surface area contributed by atoms with Crippen molar-refractivity contribution in [2.45, 2.75) is 38.0 Å².